The smallest absolute Gasteiger partial charge is 0.374 e. The van der Waals surface area contributed by atoms with Crippen LogP contribution < -0.4 is 10.1 Å². The standard InChI is InChI=1S/C20H15Cl2NO5/c21-15-7-4-8-16(22)19(15)23-18(24)12-27-20(25)17-10-9-14(28-17)11-26-13-5-2-1-3-6-13/h1-10H,11-12H2,(H,23,24). The van der Waals surface area contributed by atoms with E-state index in [1.54, 1.807) is 24.3 Å². The summed E-state index contributed by atoms with van der Waals surface area (Å²) in [6, 6.07) is 17.1. The molecule has 0 fully saturated rings. The van der Waals surface area contributed by atoms with E-state index in [9.17, 15) is 9.59 Å². The predicted molar refractivity (Wildman–Crippen MR) is 105 cm³/mol. The van der Waals surface area contributed by atoms with Gasteiger partial charge in [0, 0.05) is 0 Å². The van der Waals surface area contributed by atoms with Gasteiger partial charge >= 0.3 is 5.97 Å². The monoisotopic (exact) mass is 419 g/mol. The highest BCUT2D eigenvalue weighted by Gasteiger charge is 2.16. The van der Waals surface area contributed by atoms with Gasteiger partial charge < -0.3 is 19.2 Å². The van der Waals surface area contributed by atoms with Gasteiger partial charge in [-0.05, 0) is 36.4 Å². The number of furan rings is 1. The van der Waals surface area contributed by atoms with Crippen molar-refractivity contribution in [2.75, 3.05) is 11.9 Å². The number of benzene rings is 2. The third-order valence-corrected chi connectivity index (χ3v) is 4.18. The molecule has 0 aliphatic carbocycles. The minimum Gasteiger partial charge on any atom is -0.486 e. The van der Waals surface area contributed by atoms with Gasteiger partial charge in [0.05, 0.1) is 15.7 Å². The van der Waals surface area contributed by atoms with Gasteiger partial charge in [-0.15, -0.1) is 0 Å². The van der Waals surface area contributed by atoms with E-state index in [4.69, 9.17) is 37.1 Å². The topological polar surface area (TPSA) is 77.8 Å². The van der Waals surface area contributed by atoms with Crippen molar-refractivity contribution in [2.45, 2.75) is 6.61 Å². The third kappa shape index (κ3) is 5.28. The number of amides is 1. The van der Waals surface area contributed by atoms with E-state index >= 15 is 0 Å². The second kappa shape index (κ2) is 9.30. The van der Waals surface area contributed by atoms with Crippen molar-refractivity contribution in [1.29, 1.82) is 0 Å². The Morgan fingerprint density at radius 2 is 1.64 bits per heavy atom. The van der Waals surface area contributed by atoms with Crippen LogP contribution in [0.5, 0.6) is 5.75 Å². The van der Waals surface area contributed by atoms with Gasteiger partial charge in [0.1, 0.15) is 18.1 Å². The lowest BCUT2D eigenvalue weighted by atomic mass is 10.3. The molecule has 3 rings (SSSR count). The lowest BCUT2D eigenvalue weighted by molar-refractivity contribution is -0.119. The van der Waals surface area contributed by atoms with Crippen LogP contribution >= 0.6 is 23.2 Å². The zero-order valence-corrected chi connectivity index (χ0v) is 16.0. The van der Waals surface area contributed by atoms with Crippen LogP contribution in [-0.4, -0.2) is 18.5 Å². The van der Waals surface area contributed by atoms with Gasteiger partial charge in [0.25, 0.3) is 5.91 Å². The van der Waals surface area contributed by atoms with Crippen LogP contribution in [0.25, 0.3) is 0 Å². The van der Waals surface area contributed by atoms with Crippen LogP contribution in [0, 0.1) is 0 Å². The number of carbonyl (C=O) groups excluding carboxylic acids is 2. The van der Waals surface area contributed by atoms with E-state index < -0.39 is 18.5 Å². The number of ether oxygens (including phenoxy) is 2. The Kier molecular flexibility index (Phi) is 6.57. The Morgan fingerprint density at radius 3 is 2.36 bits per heavy atom. The first-order chi connectivity index (χ1) is 13.5. The maximum Gasteiger partial charge on any atom is 0.374 e. The van der Waals surface area contributed by atoms with Crippen molar-refractivity contribution in [3.63, 3.8) is 0 Å². The second-order valence-corrected chi connectivity index (χ2v) is 6.40. The molecule has 1 heterocycles. The zero-order valence-electron chi connectivity index (χ0n) is 14.5. The molecule has 0 radical (unpaired) electrons. The van der Waals surface area contributed by atoms with Crippen LogP contribution in [0.3, 0.4) is 0 Å². The summed E-state index contributed by atoms with van der Waals surface area (Å²) in [4.78, 5) is 24.0. The molecule has 0 atom stereocenters. The fourth-order valence-electron chi connectivity index (χ4n) is 2.23. The number of hydrogen-bond acceptors (Lipinski definition) is 5. The molecule has 8 heteroatoms. The van der Waals surface area contributed by atoms with Gasteiger partial charge in [0.2, 0.25) is 5.76 Å². The Morgan fingerprint density at radius 1 is 0.929 bits per heavy atom. The molecule has 1 N–H and O–H groups in total. The lowest BCUT2D eigenvalue weighted by Gasteiger charge is -2.09. The molecule has 0 saturated heterocycles. The molecule has 3 aromatic rings. The molecular weight excluding hydrogens is 405 g/mol. The van der Waals surface area contributed by atoms with Crippen LogP contribution in [-0.2, 0) is 16.1 Å². The maximum absolute atomic E-state index is 12.0. The van der Waals surface area contributed by atoms with Crippen molar-refractivity contribution in [3.8, 4) is 5.75 Å². The molecule has 0 spiro atoms. The van der Waals surface area contributed by atoms with E-state index in [2.05, 4.69) is 5.32 Å². The SMILES string of the molecule is O=C(COC(=O)c1ccc(COc2ccccc2)o1)Nc1c(Cl)cccc1Cl. The highest BCUT2D eigenvalue weighted by molar-refractivity contribution is 6.39. The molecule has 2 aromatic carbocycles. The predicted octanol–water partition coefficient (Wildman–Crippen LogP) is 4.96. The van der Waals surface area contributed by atoms with Gasteiger partial charge in [-0.25, -0.2) is 4.79 Å². The Labute approximate surface area is 171 Å². The van der Waals surface area contributed by atoms with Gasteiger partial charge in [-0.2, -0.15) is 0 Å². The highest BCUT2D eigenvalue weighted by Crippen LogP contribution is 2.29. The molecule has 6 nitrogen and oxygen atoms in total. The first-order valence-electron chi connectivity index (χ1n) is 8.20. The van der Waals surface area contributed by atoms with Gasteiger partial charge in [0.15, 0.2) is 6.61 Å². The number of carbonyl (C=O) groups is 2. The van der Waals surface area contributed by atoms with Crippen molar-refractivity contribution in [3.05, 3.63) is 82.2 Å². The average molecular weight is 420 g/mol. The molecule has 0 aliphatic rings. The van der Waals surface area contributed by atoms with Crippen LogP contribution in [0.1, 0.15) is 16.3 Å². The summed E-state index contributed by atoms with van der Waals surface area (Å²) >= 11 is 12.0. The summed E-state index contributed by atoms with van der Waals surface area (Å²) in [5, 5.41) is 3.06. The van der Waals surface area contributed by atoms with E-state index in [0.717, 1.165) is 0 Å². The molecule has 0 saturated carbocycles. The quantitative estimate of drug-likeness (QED) is 0.547. The second-order valence-electron chi connectivity index (χ2n) is 5.59. The molecule has 1 aromatic heterocycles. The fraction of sp³-hybridized carbons (Fsp3) is 0.100. The Balaban J connectivity index is 1.50. The summed E-state index contributed by atoms with van der Waals surface area (Å²) in [5.74, 6) is -0.259. The Bertz CT molecular complexity index is 951. The highest BCUT2D eigenvalue weighted by atomic mass is 35.5. The first kappa shape index (κ1) is 19.8. The molecule has 0 unspecified atom stereocenters. The Hall–Kier alpha value is -2.96. The summed E-state index contributed by atoms with van der Waals surface area (Å²) in [6.45, 7) is -0.361. The number of hydrogen-bond donors (Lipinski definition) is 1. The van der Waals surface area contributed by atoms with Gasteiger partial charge in [-0.3, -0.25) is 4.79 Å². The van der Waals surface area contributed by atoms with Crippen LogP contribution in [0.4, 0.5) is 5.69 Å². The molecule has 144 valence electrons. The minimum absolute atomic E-state index is 0.0322. The largest absolute Gasteiger partial charge is 0.486 e. The normalized spacial score (nSPS) is 10.4. The molecule has 28 heavy (non-hydrogen) atoms. The number of esters is 1. The molecular formula is C20H15Cl2NO5. The number of rotatable bonds is 7. The average Bonchev–Trinajstić information content (AvgIpc) is 3.17. The van der Waals surface area contributed by atoms with Gasteiger partial charge in [-0.1, -0.05) is 47.5 Å². The van der Waals surface area contributed by atoms with E-state index in [0.29, 0.717) is 11.5 Å². The maximum atomic E-state index is 12.0. The molecule has 1 amide bonds. The van der Waals surface area contributed by atoms with E-state index in [1.165, 1.54) is 6.07 Å². The van der Waals surface area contributed by atoms with Crippen LogP contribution in [0.15, 0.2) is 65.1 Å². The number of anilines is 1. The van der Waals surface area contributed by atoms with E-state index in [-0.39, 0.29) is 28.1 Å². The summed E-state index contributed by atoms with van der Waals surface area (Å²) in [7, 11) is 0. The van der Waals surface area contributed by atoms with Crippen molar-refractivity contribution >= 4 is 40.8 Å². The number of para-hydroxylation sites is 2. The molecule has 0 aliphatic heterocycles. The summed E-state index contributed by atoms with van der Waals surface area (Å²) in [6.07, 6.45) is 0. The third-order valence-electron chi connectivity index (χ3n) is 3.55. The fourth-order valence-corrected chi connectivity index (χ4v) is 2.72. The zero-order chi connectivity index (χ0) is 19.9. The summed E-state index contributed by atoms with van der Waals surface area (Å²) in [5.41, 5.74) is 0.255. The van der Waals surface area contributed by atoms with Crippen molar-refractivity contribution < 1.29 is 23.5 Å². The van der Waals surface area contributed by atoms with E-state index in [1.807, 2.05) is 30.3 Å². The first-order valence-corrected chi connectivity index (χ1v) is 8.96. The number of nitrogens with one attached hydrogen (secondary N) is 1. The lowest BCUT2D eigenvalue weighted by Crippen LogP contribution is -2.21. The number of halogens is 2. The summed E-state index contributed by atoms with van der Waals surface area (Å²) < 4.78 is 15.9. The molecule has 0 bridgehead atoms. The van der Waals surface area contributed by atoms with Crippen LogP contribution in [0.2, 0.25) is 10.0 Å². The van der Waals surface area contributed by atoms with Crippen molar-refractivity contribution in [1.82, 2.24) is 0 Å². The minimum atomic E-state index is -0.772. The van der Waals surface area contributed by atoms with Crippen molar-refractivity contribution in [2.24, 2.45) is 0 Å².